The van der Waals surface area contributed by atoms with Crippen molar-refractivity contribution in [3.63, 3.8) is 0 Å². The molecule has 20 heavy (non-hydrogen) atoms. The molecule has 1 atom stereocenters. The molecule has 0 aliphatic carbocycles. The quantitative estimate of drug-likeness (QED) is 0.733. The molecular formula is C13H10ClN5O. The molecule has 0 fully saturated rings. The third-order valence-corrected chi connectivity index (χ3v) is 3.44. The Morgan fingerprint density at radius 2 is 2.25 bits per heavy atom. The Kier molecular flexibility index (Phi) is 2.50. The van der Waals surface area contributed by atoms with E-state index >= 15 is 0 Å². The number of hydrogen-bond acceptors (Lipinski definition) is 5. The molecule has 1 aromatic carbocycles. The van der Waals surface area contributed by atoms with E-state index in [4.69, 9.17) is 16.3 Å². The van der Waals surface area contributed by atoms with Crippen molar-refractivity contribution in [3.05, 3.63) is 47.4 Å². The van der Waals surface area contributed by atoms with Gasteiger partial charge in [0.25, 0.3) is 5.78 Å². The van der Waals surface area contributed by atoms with Crippen molar-refractivity contribution in [3.8, 4) is 5.75 Å². The van der Waals surface area contributed by atoms with Crippen LogP contribution in [0, 0.1) is 0 Å². The Labute approximate surface area is 119 Å². The van der Waals surface area contributed by atoms with E-state index in [1.165, 1.54) is 6.33 Å². The molecule has 0 saturated carbocycles. The molecule has 7 heteroatoms. The van der Waals surface area contributed by atoms with Gasteiger partial charge in [-0.05, 0) is 6.07 Å². The smallest absolute Gasteiger partial charge is 0.255 e. The van der Waals surface area contributed by atoms with Gasteiger partial charge in [-0.3, -0.25) is 0 Å². The van der Waals surface area contributed by atoms with Crippen molar-refractivity contribution in [1.82, 2.24) is 19.6 Å². The third-order valence-electron chi connectivity index (χ3n) is 3.24. The van der Waals surface area contributed by atoms with Crippen LogP contribution in [-0.2, 0) is 0 Å². The monoisotopic (exact) mass is 287 g/mol. The highest BCUT2D eigenvalue weighted by molar-refractivity contribution is 6.29. The highest BCUT2D eigenvalue weighted by Gasteiger charge is 2.24. The maximum absolute atomic E-state index is 6.00. The van der Waals surface area contributed by atoms with Crippen LogP contribution in [0.15, 0.2) is 36.7 Å². The highest BCUT2D eigenvalue weighted by Crippen LogP contribution is 2.34. The minimum atomic E-state index is 0.0528. The molecule has 3 aromatic rings. The second-order valence-electron chi connectivity index (χ2n) is 4.48. The molecule has 1 aliphatic heterocycles. The SMILES string of the molecule is Clc1cc(NC2COc3ccccc32)n2ncnc2n1. The minimum absolute atomic E-state index is 0.0528. The summed E-state index contributed by atoms with van der Waals surface area (Å²) >= 11 is 6.00. The molecule has 0 amide bonds. The van der Waals surface area contributed by atoms with Crippen molar-refractivity contribution < 1.29 is 4.74 Å². The number of ether oxygens (including phenoxy) is 1. The lowest BCUT2D eigenvalue weighted by molar-refractivity contribution is 0.339. The Balaban J connectivity index is 1.74. The summed E-state index contributed by atoms with van der Waals surface area (Å²) in [5.41, 5.74) is 1.12. The Morgan fingerprint density at radius 1 is 1.35 bits per heavy atom. The van der Waals surface area contributed by atoms with Gasteiger partial charge in [0.2, 0.25) is 0 Å². The zero-order valence-electron chi connectivity index (χ0n) is 10.3. The lowest BCUT2D eigenvalue weighted by Gasteiger charge is -2.13. The van der Waals surface area contributed by atoms with E-state index in [1.807, 2.05) is 24.3 Å². The maximum Gasteiger partial charge on any atom is 0.255 e. The first-order valence-electron chi connectivity index (χ1n) is 6.16. The Hall–Kier alpha value is -2.34. The molecule has 0 bridgehead atoms. The van der Waals surface area contributed by atoms with Gasteiger partial charge in [-0.2, -0.15) is 19.6 Å². The number of para-hydroxylation sites is 1. The minimum Gasteiger partial charge on any atom is -0.491 e. The van der Waals surface area contributed by atoms with Crippen LogP contribution in [0.2, 0.25) is 5.15 Å². The van der Waals surface area contributed by atoms with Crippen LogP contribution in [0.25, 0.3) is 5.78 Å². The lowest BCUT2D eigenvalue weighted by Crippen LogP contribution is -2.15. The summed E-state index contributed by atoms with van der Waals surface area (Å²) in [5, 5.41) is 7.89. The van der Waals surface area contributed by atoms with Crippen molar-refractivity contribution in [2.24, 2.45) is 0 Å². The van der Waals surface area contributed by atoms with Crippen molar-refractivity contribution in [1.29, 1.82) is 0 Å². The molecule has 0 radical (unpaired) electrons. The molecule has 100 valence electrons. The number of nitrogens with zero attached hydrogens (tertiary/aromatic N) is 4. The van der Waals surface area contributed by atoms with Gasteiger partial charge in [-0.15, -0.1) is 0 Å². The van der Waals surface area contributed by atoms with E-state index in [0.717, 1.165) is 17.1 Å². The molecule has 6 nitrogen and oxygen atoms in total. The van der Waals surface area contributed by atoms with Gasteiger partial charge in [-0.25, -0.2) is 0 Å². The van der Waals surface area contributed by atoms with Gasteiger partial charge < -0.3 is 10.1 Å². The van der Waals surface area contributed by atoms with Crippen LogP contribution >= 0.6 is 11.6 Å². The molecule has 1 aliphatic rings. The number of nitrogens with one attached hydrogen (secondary N) is 1. The summed E-state index contributed by atoms with van der Waals surface area (Å²) in [6.45, 7) is 0.565. The van der Waals surface area contributed by atoms with Gasteiger partial charge in [0.1, 0.15) is 29.7 Å². The third kappa shape index (κ3) is 1.77. The van der Waals surface area contributed by atoms with Crippen LogP contribution in [0.4, 0.5) is 5.82 Å². The first kappa shape index (κ1) is 11.5. The fourth-order valence-corrected chi connectivity index (χ4v) is 2.53. The van der Waals surface area contributed by atoms with Crippen LogP contribution < -0.4 is 10.1 Å². The molecular weight excluding hydrogens is 278 g/mol. The number of rotatable bonds is 2. The number of benzene rings is 1. The van der Waals surface area contributed by atoms with E-state index in [1.54, 1.807) is 10.6 Å². The predicted octanol–water partition coefficient (Wildman–Crippen LogP) is 2.32. The van der Waals surface area contributed by atoms with Crippen LogP contribution in [0.1, 0.15) is 11.6 Å². The summed E-state index contributed by atoms with van der Waals surface area (Å²) < 4.78 is 7.27. The van der Waals surface area contributed by atoms with Crippen molar-refractivity contribution in [2.45, 2.75) is 6.04 Å². The fourth-order valence-electron chi connectivity index (χ4n) is 2.35. The highest BCUT2D eigenvalue weighted by atomic mass is 35.5. The normalized spacial score (nSPS) is 16.9. The summed E-state index contributed by atoms with van der Waals surface area (Å²) in [5.74, 6) is 2.11. The van der Waals surface area contributed by atoms with Gasteiger partial charge in [0.05, 0.1) is 6.04 Å². The van der Waals surface area contributed by atoms with E-state index in [9.17, 15) is 0 Å². The topological polar surface area (TPSA) is 64.3 Å². The summed E-state index contributed by atoms with van der Waals surface area (Å²) in [6.07, 6.45) is 1.45. The predicted molar refractivity (Wildman–Crippen MR) is 74.1 cm³/mol. The second kappa shape index (κ2) is 4.35. The Morgan fingerprint density at radius 3 is 3.20 bits per heavy atom. The summed E-state index contributed by atoms with van der Waals surface area (Å²) in [4.78, 5) is 8.14. The summed E-state index contributed by atoms with van der Waals surface area (Å²) in [7, 11) is 0. The zero-order chi connectivity index (χ0) is 13.5. The number of hydrogen-bond donors (Lipinski definition) is 1. The van der Waals surface area contributed by atoms with E-state index < -0.39 is 0 Å². The number of aromatic nitrogens is 4. The van der Waals surface area contributed by atoms with Crippen LogP contribution in [0.3, 0.4) is 0 Å². The van der Waals surface area contributed by atoms with E-state index in [0.29, 0.717) is 17.5 Å². The summed E-state index contributed by atoms with van der Waals surface area (Å²) in [6, 6.07) is 9.73. The van der Waals surface area contributed by atoms with Gasteiger partial charge in [-0.1, -0.05) is 29.8 Å². The van der Waals surface area contributed by atoms with Crippen LogP contribution in [0.5, 0.6) is 5.75 Å². The van der Waals surface area contributed by atoms with Crippen LogP contribution in [-0.4, -0.2) is 26.2 Å². The van der Waals surface area contributed by atoms with E-state index in [-0.39, 0.29) is 6.04 Å². The maximum atomic E-state index is 6.00. The standard InChI is InChI=1S/C13H10ClN5O/c14-11-5-12(19-13(18-11)15-7-16-19)17-9-6-20-10-4-2-1-3-8(9)10/h1-5,7,9,17H,6H2. The molecule has 4 rings (SSSR count). The number of halogens is 1. The average Bonchev–Trinajstić information content (AvgIpc) is 3.06. The molecule has 1 N–H and O–H groups in total. The Bertz CT molecular complexity index is 787. The van der Waals surface area contributed by atoms with Gasteiger partial charge in [0, 0.05) is 11.6 Å². The number of fused-ring (bicyclic) bond motifs is 2. The first-order chi connectivity index (χ1) is 9.81. The molecule has 2 aromatic heterocycles. The second-order valence-corrected chi connectivity index (χ2v) is 4.87. The largest absolute Gasteiger partial charge is 0.491 e. The van der Waals surface area contributed by atoms with E-state index in [2.05, 4.69) is 20.4 Å². The molecule has 0 spiro atoms. The van der Waals surface area contributed by atoms with Crippen molar-refractivity contribution in [2.75, 3.05) is 11.9 Å². The average molecular weight is 288 g/mol. The molecule has 0 saturated heterocycles. The van der Waals surface area contributed by atoms with Gasteiger partial charge >= 0.3 is 0 Å². The molecule has 3 heterocycles. The van der Waals surface area contributed by atoms with Gasteiger partial charge in [0.15, 0.2) is 0 Å². The molecule has 1 unspecified atom stereocenters. The zero-order valence-corrected chi connectivity index (χ0v) is 11.1. The van der Waals surface area contributed by atoms with Crippen molar-refractivity contribution >= 4 is 23.2 Å². The first-order valence-corrected chi connectivity index (χ1v) is 6.53. The number of anilines is 1. The lowest BCUT2D eigenvalue weighted by atomic mass is 10.1. The fraction of sp³-hybridized carbons (Fsp3) is 0.154.